The van der Waals surface area contributed by atoms with Crippen LogP contribution in [0.3, 0.4) is 0 Å². The van der Waals surface area contributed by atoms with E-state index in [1.165, 1.54) is 57.9 Å². The van der Waals surface area contributed by atoms with Gasteiger partial charge in [-0.3, -0.25) is 0 Å². The largest absolute Gasteiger partial charge is 0.501 e. The first-order chi connectivity index (χ1) is 26.3. The van der Waals surface area contributed by atoms with Crippen LogP contribution >= 0.6 is 0 Å². The molecule has 3 nitrogen and oxygen atoms in total. The Morgan fingerprint density at radius 1 is 0.673 bits per heavy atom. The van der Waals surface area contributed by atoms with E-state index in [0.29, 0.717) is 0 Å². The molecule has 0 amide bonds. The van der Waals surface area contributed by atoms with Crippen molar-refractivity contribution in [2.75, 3.05) is 0 Å². The summed E-state index contributed by atoms with van der Waals surface area (Å²) in [6, 6.07) is 51.0. The van der Waals surface area contributed by atoms with Crippen LogP contribution in [0.4, 0.5) is 0 Å². The SMILES string of the molecule is Cc1cc(-c2[c-]ccc(-c3ccccc3)c2)nc[c]1[Ge]([CH3])([CH3])[CH3].[Ir].[c-]1ccc2c(oc3cc(-c4ccccc4)ccc32)c1-c1cc(CC2CCCC2)ccn1. The minimum Gasteiger partial charge on any atom is -0.501 e. The van der Waals surface area contributed by atoms with Crippen LogP contribution in [0.25, 0.3) is 66.7 Å². The van der Waals surface area contributed by atoms with Gasteiger partial charge in [-0.1, -0.05) is 90.7 Å². The van der Waals surface area contributed by atoms with Crippen molar-refractivity contribution in [3.63, 3.8) is 0 Å². The number of fused-ring (bicyclic) bond motifs is 3. The van der Waals surface area contributed by atoms with Gasteiger partial charge in [0.05, 0.1) is 5.58 Å². The fraction of sp³-hybridized carbons (Fsp3) is 0.200. The molecule has 0 spiro atoms. The van der Waals surface area contributed by atoms with Crippen molar-refractivity contribution in [2.45, 2.75) is 56.3 Å². The summed E-state index contributed by atoms with van der Waals surface area (Å²) in [4.78, 5) is 9.41. The van der Waals surface area contributed by atoms with Crippen molar-refractivity contribution in [3.05, 3.63) is 163 Å². The molecule has 5 heteroatoms. The van der Waals surface area contributed by atoms with E-state index in [9.17, 15) is 0 Å². The Hall–Kier alpha value is -4.61. The average Bonchev–Trinajstić information content (AvgIpc) is 3.86. The molecule has 1 aliphatic rings. The summed E-state index contributed by atoms with van der Waals surface area (Å²) < 4.78 is 7.88. The number of benzene rings is 5. The minimum atomic E-state index is -1.85. The van der Waals surface area contributed by atoms with E-state index in [1.807, 2.05) is 30.5 Å². The number of pyridine rings is 2. The number of aromatic nitrogens is 2. The molecule has 277 valence electrons. The standard InChI is InChI=1S/C29H24NO.C21H22GeN.Ir/c1-2-9-22(10-3-1)23-13-14-24-25-11-6-12-26(29(25)31-28(24)19-23)27-18-21(15-16-30-27)17-20-7-4-5-8-20;1-16-13-21(23-15-20(16)22(2,3)4)19-12-8-11-18(14-19)17-9-6-5-7-10-17;/h1-3,6,9-11,13-16,18-20H,4-5,7-8,17H2;5-11,13-15H,1-4H3;/q2*-1;. The summed E-state index contributed by atoms with van der Waals surface area (Å²) in [5, 5.41) is 2.25. The molecule has 0 N–H and O–H groups in total. The third kappa shape index (κ3) is 8.78. The molecule has 55 heavy (non-hydrogen) atoms. The fourth-order valence-electron chi connectivity index (χ4n) is 7.94. The van der Waals surface area contributed by atoms with Gasteiger partial charge in [-0.05, 0) is 41.3 Å². The average molecular weight is 956 g/mol. The molecule has 0 saturated heterocycles. The number of rotatable bonds is 7. The van der Waals surface area contributed by atoms with Crippen LogP contribution in [0.2, 0.25) is 17.3 Å². The van der Waals surface area contributed by atoms with Crippen molar-refractivity contribution in [2.24, 2.45) is 5.92 Å². The maximum atomic E-state index is 6.40. The van der Waals surface area contributed by atoms with Crippen LogP contribution in [-0.2, 0) is 26.5 Å². The van der Waals surface area contributed by atoms with Gasteiger partial charge in [-0.25, -0.2) is 0 Å². The van der Waals surface area contributed by atoms with Crippen LogP contribution in [0, 0.1) is 25.0 Å². The summed E-state index contributed by atoms with van der Waals surface area (Å²) >= 11 is -1.85. The molecule has 1 radical (unpaired) electrons. The number of aryl methyl sites for hydroxylation is 1. The second-order valence-electron chi connectivity index (χ2n) is 15.7. The molecular weight excluding hydrogens is 909 g/mol. The zero-order valence-corrected chi connectivity index (χ0v) is 36.5. The third-order valence-electron chi connectivity index (χ3n) is 10.7. The smallest absolute Gasteiger partial charge is 0.121 e. The van der Waals surface area contributed by atoms with Gasteiger partial charge < -0.3 is 9.40 Å². The monoisotopic (exact) mass is 957 g/mol. The van der Waals surface area contributed by atoms with E-state index in [-0.39, 0.29) is 20.1 Å². The first-order valence-electron chi connectivity index (χ1n) is 19.2. The second-order valence-corrected chi connectivity index (χ2v) is 26.2. The van der Waals surface area contributed by atoms with Crippen LogP contribution < -0.4 is 4.40 Å². The first kappa shape index (κ1) is 38.7. The van der Waals surface area contributed by atoms with Gasteiger partial charge in [0.1, 0.15) is 5.58 Å². The molecule has 0 atom stereocenters. The van der Waals surface area contributed by atoms with Crippen LogP contribution in [0.15, 0.2) is 144 Å². The molecular formula is C50H46GeIrN2O-2. The Bertz CT molecular complexity index is 2530. The van der Waals surface area contributed by atoms with Crippen LogP contribution in [0.5, 0.6) is 0 Å². The normalized spacial score (nSPS) is 13.0. The summed E-state index contributed by atoms with van der Waals surface area (Å²) in [6.45, 7) is 2.21. The summed E-state index contributed by atoms with van der Waals surface area (Å²) in [5.41, 5.74) is 13.2. The third-order valence-corrected chi connectivity index (χ3v) is 15.2. The summed E-state index contributed by atoms with van der Waals surface area (Å²) in [5.74, 6) is 8.04. The molecule has 1 saturated carbocycles. The van der Waals surface area contributed by atoms with Gasteiger partial charge >= 0.3 is 142 Å². The number of furan rings is 1. The molecule has 0 unspecified atom stereocenters. The zero-order chi connectivity index (χ0) is 37.1. The molecule has 3 aromatic heterocycles. The van der Waals surface area contributed by atoms with Gasteiger partial charge in [-0.15, -0.1) is 18.2 Å². The molecule has 9 rings (SSSR count). The number of hydrogen-bond donors (Lipinski definition) is 0. The van der Waals surface area contributed by atoms with E-state index < -0.39 is 13.3 Å². The molecule has 3 heterocycles. The summed E-state index contributed by atoms with van der Waals surface area (Å²) in [6.07, 6.45) is 10.6. The van der Waals surface area contributed by atoms with Crippen LogP contribution in [0.1, 0.15) is 36.8 Å². The predicted molar refractivity (Wildman–Crippen MR) is 229 cm³/mol. The molecule has 0 bridgehead atoms. The van der Waals surface area contributed by atoms with Crippen molar-refractivity contribution in [1.82, 2.24) is 9.97 Å². The van der Waals surface area contributed by atoms with E-state index in [1.54, 1.807) is 0 Å². The Morgan fingerprint density at radius 3 is 2.05 bits per heavy atom. The molecule has 1 fully saturated rings. The van der Waals surface area contributed by atoms with Gasteiger partial charge in [0.15, 0.2) is 0 Å². The first-order valence-corrected chi connectivity index (χ1v) is 26.6. The van der Waals surface area contributed by atoms with E-state index in [2.05, 4.69) is 151 Å². The van der Waals surface area contributed by atoms with Crippen molar-refractivity contribution < 1.29 is 24.5 Å². The predicted octanol–water partition coefficient (Wildman–Crippen LogP) is 12.9. The Kier molecular flexibility index (Phi) is 12.0. The second kappa shape index (κ2) is 17.0. The molecule has 1 aliphatic carbocycles. The maximum absolute atomic E-state index is 6.40. The molecule has 8 aromatic rings. The number of hydrogen-bond acceptors (Lipinski definition) is 3. The molecule has 0 aliphatic heterocycles. The van der Waals surface area contributed by atoms with Crippen molar-refractivity contribution in [3.8, 4) is 44.8 Å². The van der Waals surface area contributed by atoms with E-state index in [4.69, 9.17) is 9.40 Å². The van der Waals surface area contributed by atoms with Gasteiger partial charge in [-0.2, -0.15) is 0 Å². The van der Waals surface area contributed by atoms with Crippen molar-refractivity contribution >= 4 is 39.6 Å². The quantitative estimate of drug-likeness (QED) is 0.118. The van der Waals surface area contributed by atoms with E-state index >= 15 is 0 Å². The molecule has 5 aromatic carbocycles. The Morgan fingerprint density at radius 2 is 1.36 bits per heavy atom. The zero-order valence-electron chi connectivity index (χ0n) is 32.0. The Labute approximate surface area is 342 Å². The topological polar surface area (TPSA) is 38.9 Å². The summed E-state index contributed by atoms with van der Waals surface area (Å²) in [7, 11) is 0. The van der Waals surface area contributed by atoms with Gasteiger partial charge in [0, 0.05) is 31.7 Å². The number of nitrogens with zero attached hydrogens (tertiary/aromatic N) is 2. The van der Waals surface area contributed by atoms with Gasteiger partial charge in [0.25, 0.3) is 0 Å². The van der Waals surface area contributed by atoms with Crippen molar-refractivity contribution in [1.29, 1.82) is 0 Å². The fourth-order valence-corrected chi connectivity index (χ4v) is 11.5. The maximum Gasteiger partial charge on any atom is 0.121 e. The van der Waals surface area contributed by atoms with E-state index in [0.717, 1.165) is 62.4 Å². The minimum absolute atomic E-state index is 0. The Balaban J connectivity index is 0.000000174. The van der Waals surface area contributed by atoms with Gasteiger partial charge in [0.2, 0.25) is 0 Å². The van der Waals surface area contributed by atoms with Crippen LogP contribution in [-0.4, -0.2) is 23.2 Å².